The number of rotatable bonds is 9. The van der Waals surface area contributed by atoms with E-state index >= 15 is 0 Å². The average molecular weight is 510 g/mol. The molecule has 2 aromatic rings. The van der Waals surface area contributed by atoms with Crippen molar-refractivity contribution in [2.24, 2.45) is 23.7 Å². The van der Waals surface area contributed by atoms with Crippen molar-refractivity contribution in [2.75, 3.05) is 5.32 Å². The third-order valence-corrected chi connectivity index (χ3v) is 8.84. The van der Waals surface area contributed by atoms with Crippen molar-refractivity contribution in [3.05, 3.63) is 24.3 Å². The van der Waals surface area contributed by atoms with Gasteiger partial charge < -0.3 is 20.1 Å². The predicted molar refractivity (Wildman–Crippen MR) is 142 cm³/mol. The molecule has 2 heterocycles. The van der Waals surface area contributed by atoms with Crippen molar-refractivity contribution in [3.63, 3.8) is 0 Å². The molecule has 200 valence electrons. The van der Waals surface area contributed by atoms with Crippen LogP contribution in [-0.2, 0) is 6.54 Å². The van der Waals surface area contributed by atoms with E-state index in [1.165, 1.54) is 6.42 Å². The van der Waals surface area contributed by atoms with E-state index in [0.29, 0.717) is 35.0 Å². The number of nitrogens with one attached hydrogen (secondary N) is 3. The average Bonchev–Trinajstić information content (AvgIpc) is 3.15. The smallest absolute Gasteiger partial charge is 0.410 e. The molecule has 0 radical (unpaired) electrons. The van der Waals surface area contributed by atoms with Gasteiger partial charge in [-0.25, -0.2) is 19.7 Å². The molecule has 3 fully saturated rings. The molecule has 3 aliphatic carbocycles. The second-order valence-corrected chi connectivity index (χ2v) is 11.2. The number of hydrogen-bond acceptors (Lipinski definition) is 7. The van der Waals surface area contributed by atoms with Gasteiger partial charge in [0, 0.05) is 12.6 Å². The van der Waals surface area contributed by atoms with E-state index in [2.05, 4.69) is 44.7 Å². The first kappa shape index (κ1) is 25.6. The van der Waals surface area contributed by atoms with Gasteiger partial charge in [0.25, 0.3) is 0 Å². The lowest BCUT2D eigenvalue weighted by Gasteiger charge is -2.33. The normalized spacial score (nSPS) is 24.1. The van der Waals surface area contributed by atoms with Crippen molar-refractivity contribution in [2.45, 2.75) is 89.8 Å². The van der Waals surface area contributed by atoms with E-state index < -0.39 is 18.0 Å². The number of aliphatic hydroxyl groups excluding tert-OH is 1. The number of anilines is 1. The number of nitrogens with zero attached hydrogens (tertiary/aromatic N) is 4. The van der Waals surface area contributed by atoms with Crippen LogP contribution < -0.4 is 10.6 Å². The molecule has 3 aliphatic rings. The van der Waals surface area contributed by atoms with Gasteiger partial charge in [-0.2, -0.15) is 0 Å². The summed E-state index contributed by atoms with van der Waals surface area (Å²) in [5.74, 6) is 2.46. The lowest BCUT2D eigenvalue weighted by atomic mass is 9.80. The summed E-state index contributed by atoms with van der Waals surface area (Å²) in [5.41, 5.74) is 1.12. The first-order valence-corrected chi connectivity index (χ1v) is 13.8. The number of carboxylic acid groups (broad SMARTS) is 1. The maximum absolute atomic E-state index is 11.3. The van der Waals surface area contributed by atoms with Crippen LogP contribution in [-0.4, -0.2) is 47.7 Å². The monoisotopic (exact) mass is 509 g/mol. The molecule has 1 unspecified atom stereocenters. The van der Waals surface area contributed by atoms with Gasteiger partial charge in [-0.3, -0.25) is 10.7 Å². The highest BCUT2D eigenvalue weighted by molar-refractivity contribution is 6.03. The zero-order chi connectivity index (χ0) is 26.1. The van der Waals surface area contributed by atoms with E-state index in [0.717, 1.165) is 69.8 Å². The maximum Gasteiger partial charge on any atom is 0.410 e. The van der Waals surface area contributed by atoms with Gasteiger partial charge in [-0.15, -0.1) is 6.58 Å². The summed E-state index contributed by atoms with van der Waals surface area (Å²) < 4.78 is 2.12. The lowest BCUT2D eigenvalue weighted by Crippen LogP contribution is -2.33. The summed E-state index contributed by atoms with van der Waals surface area (Å²) in [6.07, 6.45) is 11.0. The Labute approximate surface area is 217 Å². The van der Waals surface area contributed by atoms with Crippen LogP contribution in [0.25, 0.3) is 11.2 Å². The maximum atomic E-state index is 11.3. The van der Waals surface area contributed by atoms with Crippen LogP contribution >= 0.6 is 0 Å². The first-order valence-electron chi connectivity index (χ1n) is 13.8. The number of amides is 1. The number of carbonyl (C=O) groups is 1. The fourth-order valence-electron chi connectivity index (χ4n) is 5.94. The second kappa shape index (κ2) is 10.8. The van der Waals surface area contributed by atoms with E-state index in [-0.39, 0.29) is 17.8 Å². The van der Waals surface area contributed by atoms with Gasteiger partial charge >= 0.3 is 6.09 Å². The summed E-state index contributed by atoms with van der Waals surface area (Å²) in [6, 6.07) is 0.160. The van der Waals surface area contributed by atoms with Crippen LogP contribution in [0.4, 0.5) is 10.6 Å². The van der Waals surface area contributed by atoms with Crippen LogP contribution in [0.5, 0.6) is 0 Å². The minimum atomic E-state index is -1.34. The Morgan fingerprint density at radius 1 is 1.11 bits per heavy atom. The zero-order valence-electron chi connectivity index (χ0n) is 21.6. The molecule has 0 aliphatic heterocycles. The van der Waals surface area contributed by atoms with Crippen molar-refractivity contribution in [3.8, 4) is 0 Å². The molecule has 3 saturated carbocycles. The van der Waals surface area contributed by atoms with E-state index in [1.807, 2.05) is 0 Å². The molecule has 0 aromatic carbocycles. The minimum absolute atomic E-state index is 0.0287. The number of fused-ring (bicyclic) bond motifs is 1. The van der Waals surface area contributed by atoms with Crippen molar-refractivity contribution < 1.29 is 15.0 Å². The van der Waals surface area contributed by atoms with Gasteiger partial charge in [0.1, 0.15) is 17.4 Å². The summed E-state index contributed by atoms with van der Waals surface area (Å²) >= 11 is 0. The lowest BCUT2D eigenvalue weighted by molar-refractivity contribution is 0.0514. The summed E-state index contributed by atoms with van der Waals surface area (Å²) in [4.78, 5) is 25.1. The molecule has 10 nitrogen and oxygen atoms in total. The van der Waals surface area contributed by atoms with Crippen molar-refractivity contribution in [1.29, 1.82) is 5.41 Å². The fourth-order valence-corrected chi connectivity index (χ4v) is 5.94. The Morgan fingerprint density at radius 2 is 1.78 bits per heavy atom. The van der Waals surface area contributed by atoms with E-state index in [9.17, 15) is 9.90 Å². The minimum Gasteiger partial charge on any atom is -0.465 e. The van der Waals surface area contributed by atoms with Crippen molar-refractivity contribution >= 4 is 28.9 Å². The molecule has 1 amide bonds. The fraction of sp³-hybridized carbons (Fsp3) is 0.667. The van der Waals surface area contributed by atoms with Crippen LogP contribution in [0.1, 0.15) is 88.9 Å². The molecule has 0 spiro atoms. The standard InChI is InChI=1S/C27H39N7O3/c1-3-16-10-12-17(13-11-16)14-34-20-23(29-15(2)18-6-4-7-18)31-25(22(28)30-27(36)37)32-24(20)33-26(34)21(35)19-8-5-9-19/h3,15-19,21,35H,1,4-14H2,2H3,(H2,28,30)(H,36,37)(H,29,31,32)/t15-,16-,17-,21?/m1/s1. The zero-order valence-corrected chi connectivity index (χ0v) is 21.6. The highest BCUT2D eigenvalue weighted by Gasteiger charge is 2.34. The predicted octanol–water partition coefficient (Wildman–Crippen LogP) is 4.85. The van der Waals surface area contributed by atoms with Gasteiger partial charge in [0.2, 0.25) is 0 Å². The molecule has 2 atom stereocenters. The molecule has 2 aromatic heterocycles. The Morgan fingerprint density at radius 3 is 2.35 bits per heavy atom. The Hall–Kier alpha value is -3.01. The Balaban J connectivity index is 1.57. The van der Waals surface area contributed by atoms with E-state index in [1.54, 1.807) is 0 Å². The third kappa shape index (κ3) is 5.35. The summed E-state index contributed by atoms with van der Waals surface area (Å²) in [7, 11) is 0. The van der Waals surface area contributed by atoms with Crippen molar-refractivity contribution in [1.82, 2.24) is 24.8 Å². The number of aliphatic hydroxyl groups is 1. The quantitative estimate of drug-likeness (QED) is 0.184. The van der Waals surface area contributed by atoms with Gasteiger partial charge in [-0.05, 0) is 82.0 Å². The molecule has 5 N–H and O–H groups in total. The molecular weight excluding hydrogens is 470 g/mol. The van der Waals surface area contributed by atoms with Gasteiger partial charge in [-0.1, -0.05) is 18.9 Å². The second-order valence-electron chi connectivity index (χ2n) is 11.2. The molecule has 0 saturated heterocycles. The summed E-state index contributed by atoms with van der Waals surface area (Å²) in [5, 5.41) is 34.3. The number of allylic oxidation sites excluding steroid dienone is 1. The third-order valence-electron chi connectivity index (χ3n) is 8.84. The summed E-state index contributed by atoms with van der Waals surface area (Å²) in [6.45, 7) is 6.83. The number of amidine groups is 1. The SMILES string of the molecule is C=C[C@H]1CC[C@H](Cn2c(C(O)C3CCC3)nc3nc(C(=N)NC(=O)O)nc(N[C@H](C)C4CCC4)c32)CC1. The molecule has 10 heteroatoms. The highest BCUT2D eigenvalue weighted by Crippen LogP contribution is 2.40. The molecular formula is C27H39N7O3. The van der Waals surface area contributed by atoms with Gasteiger partial charge in [0.15, 0.2) is 23.1 Å². The van der Waals surface area contributed by atoms with E-state index in [4.69, 9.17) is 15.5 Å². The van der Waals surface area contributed by atoms with Crippen LogP contribution in [0, 0.1) is 29.1 Å². The molecule has 0 bridgehead atoms. The number of aromatic nitrogens is 4. The Bertz CT molecular complexity index is 1160. The van der Waals surface area contributed by atoms with Crippen LogP contribution in [0.15, 0.2) is 12.7 Å². The number of imidazole rings is 1. The molecule has 5 rings (SSSR count). The largest absolute Gasteiger partial charge is 0.465 e. The van der Waals surface area contributed by atoms with Gasteiger partial charge in [0.05, 0.1) is 0 Å². The number of hydrogen-bond donors (Lipinski definition) is 5. The Kier molecular flexibility index (Phi) is 7.46. The highest BCUT2D eigenvalue weighted by atomic mass is 16.4. The molecule has 37 heavy (non-hydrogen) atoms. The first-order chi connectivity index (χ1) is 17.8. The van der Waals surface area contributed by atoms with Crippen LogP contribution in [0.2, 0.25) is 0 Å². The van der Waals surface area contributed by atoms with Crippen LogP contribution in [0.3, 0.4) is 0 Å². The topological polar surface area (TPSA) is 149 Å².